The molecule has 25 heavy (non-hydrogen) atoms. The smallest absolute Gasteiger partial charge is 0.221 e. The average Bonchev–Trinajstić information content (AvgIpc) is 2.92. The lowest BCUT2D eigenvalue weighted by atomic mass is 10.2. The lowest BCUT2D eigenvalue weighted by Crippen LogP contribution is -1.98. The van der Waals surface area contributed by atoms with Crippen LogP contribution in [0.5, 0.6) is 5.75 Å². The summed E-state index contributed by atoms with van der Waals surface area (Å²) >= 11 is 5.67. The molecule has 0 aliphatic carbocycles. The molecule has 0 amide bonds. The molecule has 1 heterocycles. The molecule has 0 saturated carbocycles. The van der Waals surface area contributed by atoms with Gasteiger partial charge in [-0.1, -0.05) is 29.8 Å². The predicted octanol–water partition coefficient (Wildman–Crippen LogP) is 4.03. The van der Waals surface area contributed by atoms with Gasteiger partial charge >= 0.3 is 0 Å². The topological polar surface area (TPSA) is 65.4 Å². The maximum absolute atomic E-state index is 13.4. The van der Waals surface area contributed by atoms with Crippen molar-refractivity contribution in [1.29, 1.82) is 0 Å². The van der Waals surface area contributed by atoms with E-state index in [9.17, 15) is 4.39 Å². The number of aromatic nitrogens is 2. The predicted molar refractivity (Wildman–Crippen MR) is 96.6 cm³/mol. The van der Waals surface area contributed by atoms with Crippen LogP contribution in [0.1, 0.15) is 16.8 Å². The van der Waals surface area contributed by atoms with Crippen LogP contribution >= 0.6 is 11.6 Å². The summed E-state index contributed by atoms with van der Waals surface area (Å²) in [6.45, 7) is 2.08. The van der Waals surface area contributed by atoms with Crippen molar-refractivity contribution in [3.8, 4) is 5.75 Å². The summed E-state index contributed by atoms with van der Waals surface area (Å²) in [5.41, 5.74) is 8.07. The number of benzene rings is 2. The quantitative estimate of drug-likeness (QED) is 0.700. The molecule has 2 aromatic carbocycles. The molecule has 7 heteroatoms. The number of ether oxygens (including phenoxy) is 1. The monoisotopic (exact) mass is 358 g/mol. The first-order valence-corrected chi connectivity index (χ1v) is 7.91. The van der Waals surface area contributed by atoms with Gasteiger partial charge in [-0.15, -0.1) is 0 Å². The maximum Gasteiger partial charge on any atom is 0.221 e. The van der Waals surface area contributed by atoms with Gasteiger partial charge < -0.3 is 10.5 Å². The first-order chi connectivity index (χ1) is 12.0. The summed E-state index contributed by atoms with van der Waals surface area (Å²) < 4.78 is 20.6. The van der Waals surface area contributed by atoms with Gasteiger partial charge in [0.25, 0.3) is 0 Å². The lowest BCUT2D eigenvalue weighted by Gasteiger charge is -2.07. The Hall–Kier alpha value is -2.86. The number of aryl methyl sites for hydroxylation is 1. The highest BCUT2D eigenvalue weighted by Crippen LogP contribution is 2.18. The molecule has 3 rings (SSSR count). The zero-order valence-electron chi connectivity index (χ0n) is 13.5. The minimum absolute atomic E-state index is 0.0935. The third kappa shape index (κ3) is 4.36. The summed E-state index contributed by atoms with van der Waals surface area (Å²) in [6.07, 6.45) is 3.40. The van der Waals surface area contributed by atoms with Gasteiger partial charge in [-0.2, -0.15) is 5.10 Å². The van der Waals surface area contributed by atoms with E-state index in [0.717, 1.165) is 11.3 Å². The van der Waals surface area contributed by atoms with Crippen molar-refractivity contribution in [2.45, 2.75) is 13.5 Å². The number of hydrogen-bond donors (Lipinski definition) is 1. The van der Waals surface area contributed by atoms with E-state index >= 15 is 0 Å². The number of nitrogens with two attached hydrogens (primary N) is 1. The number of anilines is 1. The Morgan fingerprint density at radius 1 is 1.32 bits per heavy atom. The second-order valence-corrected chi connectivity index (χ2v) is 5.85. The van der Waals surface area contributed by atoms with E-state index in [-0.39, 0.29) is 11.6 Å². The molecule has 0 fully saturated rings. The van der Waals surface area contributed by atoms with E-state index in [1.165, 1.54) is 16.8 Å². The fraction of sp³-hybridized carbons (Fsp3) is 0.111. The summed E-state index contributed by atoms with van der Waals surface area (Å²) in [6, 6.07) is 12.0. The molecular formula is C18H16ClFN4O. The summed E-state index contributed by atoms with van der Waals surface area (Å²) in [7, 11) is 0. The summed E-state index contributed by atoms with van der Waals surface area (Å²) in [5, 5.41) is 4.36. The molecule has 0 aliphatic rings. The Bertz CT molecular complexity index is 923. The Labute approximate surface area is 149 Å². The number of hydrogen-bond acceptors (Lipinski definition) is 4. The van der Waals surface area contributed by atoms with Gasteiger partial charge in [0, 0.05) is 0 Å². The van der Waals surface area contributed by atoms with Crippen molar-refractivity contribution in [2.24, 2.45) is 5.10 Å². The van der Waals surface area contributed by atoms with E-state index in [1.807, 2.05) is 31.2 Å². The van der Waals surface area contributed by atoms with Gasteiger partial charge in [-0.3, -0.25) is 0 Å². The third-order valence-electron chi connectivity index (χ3n) is 3.41. The van der Waals surface area contributed by atoms with E-state index in [0.29, 0.717) is 17.3 Å². The summed E-state index contributed by atoms with van der Waals surface area (Å²) in [4.78, 5) is 4.08. The maximum atomic E-state index is 13.4. The van der Waals surface area contributed by atoms with Crippen molar-refractivity contribution in [1.82, 2.24) is 9.66 Å². The molecule has 128 valence electrons. The zero-order chi connectivity index (χ0) is 17.8. The van der Waals surface area contributed by atoms with Gasteiger partial charge in [-0.25, -0.2) is 14.1 Å². The molecule has 0 saturated heterocycles. The number of imidazole rings is 1. The minimum Gasteiger partial charge on any atom is -0.489 e. The molecule has 0 radical (unpaired) electrons. The van der Waals surface area contributed by atoms with Crippen LogP contribution in [0.2, 0.25) is 5.02 Å². The Kier molecular flexibility index (Phi) is 5.00. The van der Waals surface area contributed by atoms with E-state index in [1.54, 1.807) is 18.5 Å². The first kappa shape index (κ1) is 17.0. The van der Waals surface area contributed by atoms with Crippen molar-refractivity contribution in [3.05, 3.63) is 76.3 Å². The highest BCUT2D eigenvalue weighted by atomic mass is 35.5. The Morgan fingerprint density at radius 3 is 2.88 bits per heavy atom. The summed E-state index contributed by atoms with van der Waals surface area (Å²) in [5.74, 6) is 0.511. The van der Waals surface area contributed by atoms with Gasteiger partial charge in [-0.05, 0) is 42.3 Å². The SMILES string of the molecule is Cc1cn(N=Cc2cccc(OCc3ccc(Cl)c(F)c3)c2)c(N)n1. The molecule has 5 nitrogen and oxygen atoms in total. The molecule has 0 unspecified atom stereocenters. The van der Waals surface area contributed by atoms with Crippen LogP contribution in [-0.2, 0) is 6.61 Å². The van der Waals surface area contributed by atoms with Gasteiger partial charge in [0.2, 0.25) is 5.95 Å². The van der Waals surface area contributed by atoms with Crippen LogP contribution in [0.3, 0.4) is 0 Å². The Morgan fingerprint density at radius 2 is 2.16 bits per heavy atom. The Balaban J connectivity index is 1.68. The van der Waals surface area contributed by atoms with Gasteiger partial charge in [0.1, 0.15) is 18.2 Å². The highest BCUT2D eigenvalue weighted by molar-refractivity contribution is 6.30. The number of rotatable bonds is 5. The van der Waals surface area contributed by atoms with Crippen molar-refractivity contribution in [2.75, 3.05) is 5.73 Å². The van der Waals surface area contributed by atoms with Crippen molar-refractivity contribution in [3.63, 3.8) is 0 Å². The molecule has 0 aliphatic heterocycles. The van der Waals surface area contributed by atoms with E-state index in [2.05, 4.69) is 10.1 Å². The van der Waals surface area contributed by atoms with Crippen molar-refractivity contribution >= 4 is 23.8 Å². The van der Waals surface area contributed by atoms with Crippen LogP contribution in [0, 0.1) is 12.7 Å². The van der Waals surface area contributed by atoms with Gasteiger partial charge in [0.15, 0.2) is 0 Å². The number of halogens is 2. The van der Waals surface area contributed by atoms with Crippen LogP contribution in [0.4, 0.5) is 10.3 Å². The highest BCUT2D eigenvalue weighted by Gasteiger charge is 2.03. The van der Waals surface area contributed by atoms with Crippen LogP contribution in [0.25, 0.3) is 0 Å². The fourth-order valence-electron chi connectivity index (χ4n) is 2.21. The van der Waals surface area contributed by atoms with Crippen LogP contribution in [0.15, 0.2) is 53.8 Å². The normalized spacial score (nSPS) is 11.2. The fourth-order valence-corrected chi connectivity index (χ4v) is 2.32. The molecule has 0 atom stereocenters. The largest absolute Gasteiger partial charge is 0.489 e. The number of nitrogens with zero attached hydrogens (tertiary/aromatic N) is 3. The van der Waals surface area contributed by atoms with E-state index < -0.39 is 5.82 Å². The van der Waals surface area contributed by atoms with Crippen molar-refractivity contribution < 1.29 is 9.13 Å². The molecule has 0 bridgehead atoms. The van der Waals surface area contributed by atoms with Gasteiger partial charge in [0.05, 0.1) is 23.1 Å². The first-order valence-electron chi connectivity index (χ1n) is 7.54. The third-order valence-corrected chi connectivity index (χ3v) is 3.72. The standard InChI is InChI=1S/C18H16ClFN4O/c1-12-10-24(18(21)23-12)22-9-13-3-2-4-15(7-13)25-11-14-5-6-16(19)17(20)8-14/h2-10H,11H2,1H3,(H2,21,23). The average molecular weight is 359 g/mol. The minimum atomic E-state index is -0.461. The van der Waals surface area contributed by atoms with E-state index in [4.69, 9.17) is 22.1 Å². The molecule has 1 aromatic heterocycles. The molecule has 0 spiro atoms. The zero-order valence-corrected chi connectivity index (χ0v) is 14.2. The number of nitrogen functional groups attached to an aromatic ring is 1. The van der Waals surface area contributed by atoms with Crippen LogP contribution < -0.4 is 10.5 Å². The lowest BCUT2D eigenvalue weighted by molar-refractivity contribution is 0.305. The second kappa shape index (κ2) is 7.36. The molecule has 2 N–H and O–H groups in total. The van der Waals surface area contributed by atoms with Crippen LogP contribution in [-0.4, -0.2) is 15.9 Å². The molecule has 3 aromatic rings. The molecular weight excluding hydrogens is 343 g/mol. The second-order valence-electron chi connectivity index (χ2n) is 5.44.